The van der Waals surface area contributed by atoms with Crippen LogP contribution in [0.5, 0.6) is 0 Å². The molecule has 1 aromatic heterocycles. The van der Waals surface area contributed by atoms with Gasteiger partial charge >= 0.3 is 0 Å². The highest BCUT2D eigenvalue weighted by Gasteiger charge is 2.28. The quantitative estimate of drug-likeness (QED) is 0.674. The smallest absolute Gasteiger partial charge is 0.257 e. The van der Waals surface area contributed by atoms with Crippen LogP contribution in [0.1, 0.15) is 31.1 Å². The highest BCUT2D eigenvalue weighted by molar-refractivity contribution is 6.04. The standard InChI is InChI=1S/C16H21N5O/c1-16(2,3)21-14(18-4)12(15(22)19-5)13(20-21)10-6-8-11(17)9-7-10/h6-9H,4,17H2,1-3,5H3,(H,19,22). The number of amides is 1. The molecule has 0 unspecified atom stereocenters. The monoisotopic (exact) mass is 299 g/mol. The minimum Gasteiger partial charge on any atom is -0.399 e. The molecule has 6 heteroatoms. The van der Waals surface area contributed by atoms with Crippen LogP contribution < -0.4 is 11.1 Å². The van der Waals surface area contributed by atoms with E-state index in [1.807, 2.05) is 32.9 Å². The fourth-order valence-corrected chi connectivity index (χ4v) is 2.20. The van der Waals surface area contributed by atoms with Crippen LogP contribution in [-0.4, -0.2) is 29.5 Å². The minimum atomic E-state index is -0.328. The maximum absolute atomic E-state index is 12.3. The third-order valence-corrected chi connectivity index (χ3v) is 3.28. The lowest BCUT2D eigenvalue weighted by molar-refractivity contribution is 0.0964. The van der Waals surface area contributed by atoms with Crippen LogP contribution >= 0.6 is 0 Å². The van der Waals surface area contributed by atoms with Crippen molar-refractivity contribution in [2.24, 2.45) is 4.99 Å². The number of rotatable bonds is 3. The van der Waals surface area contributed by atoms with E-state index in [0.717, 1.165) is 5.56 Å². The van der Waals surface area contributed by atoms with Gasteiger partial charge in [0.1, 0.15) is 11.3 Å². The Balaban J connectivity index is 2.77. The van der Waals surface area contributed by atoms with Crippen molar-refractivity contribution in [1.82, 2.24) is 15.1 Å². The molecule has 0 aliphatic carbocycles. The number of benzene rings is 1. The summed E-state index contributed by atoms with van der Waals surface area (Å²) in [5.74, 6) is 0.211. The summed E-state index contributed by atoms with van der Waals surface area (Å²) in [6, 6.07) is 7.23. The number of nitrogens with two attached hydrogens (primary N) is 1. The molecule has 0 radical (unpaired) electrons. The van der Waals surface area contributed by atoms with Crippen molar-refractivity contribution in [2.45, 2.75) is 26.3 Å². The molecular formula is C16H21N5O. The lowest BCUT2D eigenvalue weighted by atomic mass is 10.1. The van der Waals surface area contributed by atoms with E-state index in [9.17, 15) is 4.79 Å². The fraction of sp³-hybridized carbons (Fsp3) is 0.312. The van der Waals surface area contributed by atoms with Gasteiger partial charge in [-0.05, 0) is 39.6 Å². The number of anilines is 1. The Bertz CT molecular complexity index is 707. The number of hydrogen-bond acceptors (Lipinski definition) is 4. The van der Waals surface area contributed by atoms with Crippen molar-refractivity contribution in [1.29, 1.82) is 0 Å². The second kappa shape index (κ2) is 5.63. The van der Waals surface area contributed by atoms with Gasteiger partial charge in [0.05, 0.1) is 5.54 Å². The van der Waals surface area contributed by atoms with Gasteiger partial charge in [-0.2, -0.15) is 5.10 Å². The van der Waals surface area contributed by atoms with E-state index in [1.54, 1.807) is 23.9 Å². The zero-order valence-corrected chi connectivity index (χ0v) is 13.3. The van der Waals surface area contributed by atoms with Crippen LogP contribution in [0.15, 0.2) is 29.3 Å². The Hall–Kier alpha value is -2.63. The van der Waals surface area contributed by atoms with Crippen molar-refractivity contribution in [2.75, 3.05) is 12.8 Å². The first-order valence-corrected chi connectivity index (χ1v) is 6.97. The summed E-state index contributed by atoms with van der Waals surface area (Å²) in [6.45, 7) is 9.58. The molecule has 22 heavy (non-hydrogen) atoms. The fourth-order valence-electron chi connectivity index (χ4n) is 2.20. The molecule has 6 nitrogen and oxygen atoms in total. The number of nitrogens with one attached hydrogen (secondary N) is 1. The lowest BCUT2D eigenvalue weighted by Crippen LogP contribution is -2.23. The Morgan fingerprint density at radius 2 is 1.91 bits per heavy atom. The molecule has 0 fully saturated rings. The zero-order valence-electron chi connectivity index (χ0n) is 13.3. The molecule has 1 heterocycles. The van der Waals surface area contributed by atoms with Crippen molar-refractivity contribution >= 4 is 24.1 Å². The summed E-state index contributed by atoms with van der Waals surface area (Å²) in [6.07, 6.45) is 0. The van der Waals surface area contributed by atoms with Gasteiger partial charge in [0.25, 0.3) is 5.91 Å². The van der Waals surface area contributed by atoms with E-state index >= 15 is 0 Å². The Morgan fingerprint density at radius 1 is 1.32 bits per heavy atom. The van der Waals surface area contributed by atoms with E-state index in [0.29, 0.717) is 22.8 Å². The minimum absolute atomic E-state index is 0.246. The van der Waals surface area contributed by atoms with E-state index < -0.39 is 0 Å². The summed E-state index contributed by atoms with van der Waals surface area (Å²) in [7, 11) is 1.58. The molecule has 0 bridgehead atoms. The predicted molar refractivity (Wildman–Crippen MR) is 89.7 cm³/mol. The van der Waals surface area contributed by atoms with E-state index in [2.05, 4.69) is 22.1 Å². The molecule has 1 aromatic carbocycles. The number of carbonyl (C=O) groups is 1. The van der Waals surface area contributed by atoms with Crippen molar-refractivity contribution in [3.63, 3.8) is 0 Å². The molecule has 116 valence electrons. The van der Waals surface area contributed by atoms with Gasteiger partial charge < -0.3 is 11.1 Å². The SMILES string of the molecule is C=Nc1c(C(=O)NC)c(-c2ccc(N)cc2)nn1C(C)(C)C. The van der Waals surface area contributed by atoms with Crippen LogP contribution in [0.2, 0.25) is 0 Å². The first-order valence-electron chi connectivity index (χ1n) is 6.97. The summed E-state index contributed by atoms with van der Waals surface area (Å²) >= 11 is 0. The lowest BCUT2D eigenvalue weighted by Gasteiger charge is -2.20. The van der Waals surface area contributed by atoms with E-state index in [-0.39, 0.29) is 11.4 Å². The molecule has 2 rings (SSSR count). The number of nitrogen functional groups attached to an aromatic ring is 1. The zero-order chi connectivity index (χ0) is 16.5. The van der Waals surface area contributed by atoms with Crippen LogP contribution in [0.4, 0.5) is 11.5 Å². The Labute approximate surface area is 130 Å². The maximum atomic E-state index is 12.3. The summed E-state index contributed by atoms with van der Waals surface area (Å²) in [4.78, 5) is 16.4. The Kier molecular flexibility index (Phi) is 4.03. The van der Waals surface area contributed by atoms with Gasteiger partial charge in [-0.15, -0.1) is 0 Å². The second-order valence-electron chi connectivity index (χ2n) is 5.99. The number of nitrogens with zero attached hydrogens (tertiary/aromatic N) is 3. The van der Waals surface area contributed by atoms with Crippen molar-refractivity contribution in [3.05, 3.63) is 29.8 Å². The first-order chi connectivity index (χ1) is 10.3. The molecule has 0 spiro atoms. The van der Waals surface area contributed by atoms with Crippen LogP contribution in [0, 0.1) is 0 Å². The van der Waals surface area contributed by atoms with Gasteiger partial charge in [0.2, 0.25) is 0 Å². The maximum Gasteiger partial charge on any atom is 0.257 e. The second-order valence-corrected chi connectivity index (χ2v) is 5.99. The van der Waals surface area contributed by atoms with E-state index in [1.165, 1.54) is 0 Å². The number of carbonyl (C=O) groups excluding carboxylic acids is 1. The van der Waals surface area contributed by atoms with Gasteiger partial charge in [0.15, 0.2) is 5.82 Å². The topological polar surface area (TPSA) is 85.3 Å². The molecule has 2 aromatic rings. The van der Waals surface area contributed by atoms with E-state index in [4.69, 9.17) is 5.73 Å². The van der Waals surface area contributed by atoms with Crippen LogP contribution in [-0.2, 0) is 5.54 Å². The molecule has 0 saturated carbocycles. The molecular weight excluding hydrogens is 278 g/mol. The summed E-state index contributed by atoms with van der Waals surface area (Å²) in [5.41, 5.74) is 7.84. The average molecular weight is 299 g/mol. The number of aliphatic imine (C=N–C) groups is 1. The molecule has 0 aliphatic rings. The van der Waals surface area contributed by atoms with Gasteiger partial charge in [-0.3, -0.25) is 4.79 Å². The number of aromatic nitrogens is 2. The van der Waals surface area contributed by atoms with Crippen LogP contribution in [0.3, 0.4) is 0 Å². The normalized spacial score (nSPS) is 11.3. The molecule has 0 aliphatic heterocycles. The van der Waals surface area contributed by atoms with Gasteiger partial charge in [0, 0.05) is 18.3 Å². The first kappa shape index (κ1) is 15.8. The third-order valence-electron chi connectivity index (χ3n) is 3.28. The predicted octanol–water partition coefficient (Wildman–Crippen LogP) is 2.58. The summed E-state index contributed by atoms with van der Waals surface area (Å²) in [5, 5.41) is 7.24. The highest BCUT2D eigenvalue weighted by Crippen LogP contribution is 2.34. The summed E-state index contributed by atoms with van der Waals surface area (Å²) < 4.78 is 1.72. The van der Waals surface area contributed by atoms with Gasteiger partial charge in [-0.25, -0.2) is 9.67 Å². The Morgan fingerprint density at radius 3 is 2.36 bits per heavy atom. The molecule has 1 amide bonds. The average Bonchev–Trinajstić information content (AvgIpc) is 2.86. The third kappa shape index (κ3) is 2.72. The van der Waals surface area contributed by atoms with Crippen molar-refractivity contribution < 1.29 is 4.79 Å². The van der Waals surface area contributed by atoms with Crippen LogP contribution in [0.25, 0.3) is 11.3 Å². The molecule has 0 saturated heterocycles. The van der Waals surface area contributed by atoms with Crippen molar-refractivity contribution in [3.8, 4) is 11.3 Å². The van der Waals surface area contributed by atoms with Gasteiger partial charge in [-0.1, -0.05) is 12.1 Å². The number of hydrogen-bond donors (Lipinski definition) is 2. The molecule has 0 atom stereocenters. The highest BCUT2D eigenvalue weighted by atomic mass is 16.1. The molecule has 3 N–H and O–H groups in total. The largest absolute Gasteiger partial charge is 0.399 e.